The molecule has 2 aromatic rings. The van der Waals surface area contributed by atoms with Gasteiger partial charge in [0.2, 0.25) is 0 Å². The first kappa shape index (κ1) is 22.9. The van der Waals surface area contributed by atoms with E-state index in [4.69, 9.17) is 9.47 Å². The standard InChI is InChI=1S/C24H34N2O3/c1-4-23(18-20-11-8-7-9-12-20)26(5-2)24(27)25-22-14-10-13-21(17-22)19-29-16-15-28-6-3/h7-14,17,23H,4-6,15-16,18-19H2,1-3H3,(H,25,27)/t23-/m0/s1. The van der Waals surface area contributed by atoms with Gasteiger partial charge in [0.1, 0.15) is 0 Å². The lowest BCUT2D eigenvalue weighted by molar-refractivity contribution is 0.0453. The van der Waals surface area contributed by atoms with Crippen LogP contribution in [0.4, 0.5) is 10.5 Å². The molecule has 0 aliphatic rings. The third-order valence-corrected chi connectivity index (χ3v) is 4.85. The molecule has 0 spiro atoms. The molecule has 29 heavy (non-hydrogen) atoms. The van der Waals surface area contributed by atoms with Gasteiger partial charge in [-0.25, -0.2) is 4.79 Å². The number of nitrogens with one attached hydrogen (secondary N) is 1. The Labute approximate surface area is 175 Å². The summed E-state index contributed by atoms with van der Waals surface area (Å²) in [5.74, 6) is 0. The highest BCUT2D eigenvalue weighted by Crippen LogP contribution is 2.16. The Balaban J connectivity index is 1.94. The average molecular weight is 399 g/mol. The first-order valence-electron chi connectivity index (χ1n) is 10.5. The fourth-order valence-electron chi connectivity index (χ4n) is 3.32. The van der Waals surface area contributed by atoms with Crippen LogP contribution in [0.2, 0.25) is 0 Å². The van der Waals surface area contributed by atoms with E-state index in [1.54, 1.807) is 0 Å². The number of carbonyl (C=O) groups is 1. The molecular formula is C24H34N2O3. The van der Waals surface area contributed by atoms with Gasteiger partial charge in [0.05, 0.1) is 19.8 Å². The van der Waals surface area contributed by atoms with E-state index in [-0.39, 0.29) is 12.1 Å². The molecule has 0 aliphatic heterocycles. The monoisotopic (exact) mass is 398 g/mol. The smallest absolute Gasteiger partial charge is 0.322 e. The Morgan fingerprint density at radius 3 is 2.38 bits per heavy atom. The summed E-state index contributed by atoms with van der Waals surface area (Å²) < 4.78 is 10.9. The highest BCUT2D eigenvalue weighted by molar-refractivity contribution is 5.89. The van der Waals surface area contributed by atoms with Gasteiger partial charge in [0.25, 0.3) is 0 Å². The predicted molar refractivity (Wildman–Crippen MR) is 118 cm³/mol. The van der Waals surface area contributed by atoms with E-state index < -0.39 is 0 Å². The SMILES string of the molecule is CCOCCOCc1cccc(NC(=O)N(CC)[C@@H](CC)Cc2ccccc2)c1. The van der Waals surface area contributed by atoms with Gasteiger partial charge in [-0.15, -0.1) is 0 Å². The number of ether oxygens (including phenoxy) is 2. The van der Waals surface area contributed by atoms with Crippen LogP contribution < -0.4 is 5.32 Å². The molecule has 2 rings (SSSR count). The molecule has 0 saturated carbocycles. The maximum Gasteiger partial charge on any atom is 0.322 e. The Hall–Kier alpha value is -2.37. The number of benzene rings is 2. The van der Waals surface area contributed by atoms with Crippen LogP contribution in [-0.4, -0.2) is 43.3 Å². The Morgan fingerprint density at radius 2 is 1.69 bits per heavy atom. The molecule has 0 saturated heterocycles. The van der Waals surface area contributed by atoms with Gasteiger partial charge < -0.3 is 19.7 Å². The van der Waals surface area contributed by atoms with Crippen LogP contribution in [0.3, 0.4) is 0 Å². The summed E-state index contributed by atoms with van der Waals surface area (Å²) >= 11 is 0. The van der Waals surface area contributed by atoms with E-state index >= 15 is 0 Å². The second-order valence-electron chi connectivity index (χ2n) is 6.92. The molecule has 0 radical (unpaired) electrons. The predicted octanol–water partition coefficient (Wildman–Crippen LogP) is 5.11. The fourth-order valence-corrected chi connectivity index (χ4v) is 3.32. The molecule has 0 aliphatic carbocycles. The van der Waals surface area contributed by atoms with Gasteiger partial charge in [-0.05, 0) is 49.9 Å². The third kappa shape index (κ3) is 7.87. The Bertz CT molecular complexity index is 721. The zero-order valence-electron chi connectivity index (χ0n) is 17.9. The maximum absolute atomic E-state index is 12.9. The molecule has 5 nitrogen and oxygen atoms in total. The van der Waals surface area contributed by atoms with Crippen molar-refractivity contribution in [2.75, 3.05) is 31.7 Å². The summed E-state index contributed by atoms with van der Waals surface area (Å²) in [6.07, 6.45) is 1.76. The number of urea groups is 1. The lowest BCUT2D eigenvalue weighted by atomic mass is 10.0. The van der Waals surface area contributed by atoms with E-state index in [2.05, 4.69) is 24.4 Å². The lowest BCUT2D eigenvalue weighted by Crippen LogP contribution is -2.43. The van der Waals surface area contributed by atoms with Crippen molar-refractivity contribution in [1.82, 2.24) is 4.90 Å². The number of hydrogen-bond acceptors (Lipinski definition) is 3. The minimum atomic E-state index is -0.0651. The van der Waals surface area contributed by atoms with Crippen molar-refractivity contribution in [3.63, 3.8) is 0 Å². The van der Waals surface area contributed by atoms with E-state index in [0.29, 0.717) is 33.0 Å². The fraction of sp³-hybridized carbons (Fsp3) is 0.458. The first-order valence-corrected chi connectivity index (χ1v) is 10.5. The van der Waals surface area contributed by atoms with E-state index in [0.717, 1.165) is 24.1 Å². The van der Waals surface area contributed by atoms with Gasteiger partial charge in [0, 0.05) is 24.9 Å². The number of likely N-dealkylation sites (N-methyl/N-ethyl adjacent to an activating group) is 1. The first-order chi connectivity index (χ1) is 14.2. The van der Waals surface area contributed by atoms with Crippen molar-refractivity contribution >= 4 is 11.7 Å². The van der Waals surface area contributed by atoms with Crippen molar-refractivity contribution in [3.05, 3.63) is 65.7 Å². The maximum atomic E-state index is 12.9. The molecule has 0 aromatic heterocycles. The molecule has 2 aromatic carbocycles. The molecule has 1 atom stereocenters. The normalized spacial score (nSPS) is 11.8. The summed E-state index contributed by atoms with van der Waals surface area (Å²) in [7, 11) is 0. The van der Waals surface area contributed by atoms with E-state index in [1.807, 2.05) is 61.2 Å². The third-order valence-electron chi connectivity index (χ3n) is 4.85. The van der Waals surface area contributed by atoms with Crippen molar-refractivity contribution in [1.29, 1.82) is 0 Å². The Morgan fingerprint density at radius 1 is 0.966 bits per heavy atom. The second kappa shape index (κ2) is 13.0. The number of nitrogens with zero attached hydrogens (tertiary/aromatic N) is 1. The summed E-state index contributed by atoms with van der Waals surface area (Å²) in [4.78, 5) is 14.9. The minimum Gasteiger partial charge on any atom is -0.379 e. The zero-order chi connectivity index (χ0) is 20.9. The van der Waals surface area contributed by atoms with Crippen LogP contribution in [0.15, 0.2) is 54.6 Å². The molecular weight excluding hydrogens is 364 g/mol. The summed E-state index contributed by atoms with van der Waals surface area (Å²) in [6.45, 7) is 9.14. The molecule has 0 heterocycles. The van der Waals surface area contributed by atoms with Crippen molar-refractivity contribution in [2.24, 2.45) is 0 Å². The summed E-state index contributed by atoms with van der Waals surface area (Å²) in [5.41, 5.74) is 3.06. The van der Waals surface area contributed by atoms with Crippen molar-refractivity contribution in [2.45, 2.75) is 46.3 Å². The van der Waals surface area contributed by atoms with Crippen LogP contribution in [0.1, 0.15) is 38.3 Å². The highest BCUT2D eigenvalue weighted by Gasteiger charge is 2.21. The Kier molecular flexibility index (Phi) is 10.2. The molecule has 0 fully saturated rings. The zero-order valence-corrected chi connectivity index (χ0v) is 17.9. The number of anilines is 1. The average Bonchev–Trinajstić information content (AvgIpc) is 2.74. The largest absolute Gasteiger partial charge is 0.379 e. The molecule has 158 valence electrons. The minimum absolute atomic E-state index is 0.0651. The molecule has 0 unspecified atom stereocenters. The van der Waals surface area contributed by atoms with Gasteiger partial charge in [-0.3, -0.25) is 0 Å². The van der Waals surface area contributed by atoms with Crippen molar-refractivity contribution < 1.29 is 14.3 Å². The van der Waals surface area contributed by atoms with Gasteiger partial charge >= 0.3 is 6.03 Å². The second-order valence-corrected chi connectivity index (χ2v) is 6.92. The van der Waals surface area contributed by atoms with Crippen molar-refractivity contribution in [3.8, 4) is 0 Å². The lowest BCUT2D eigenvalue weighted by Gasteiger charge is -2.30. The number of carbonyl (C=O) groups excluding carboxylic acids is 1. The van der Waals surface area contributed by atoms with Gasteiger partial charge in [-0.2, -0.15) is 0 Å². The summed E-state index contributed by atoms with van der Waals surface area (Å²) in [6, 6.07) is 18.2. The van der Waals surface area contributed by atoms with Crippen LogP contribution >= 0.6 is 0 Å². The molecule has 5 heteroatoms. The number of amides is 2. The van der Waals surface area contributed by atoms with Crippen LogP contribution in [0.5, 0.6) is 0 Å². The van der Waals surface area contributed by atoms with Crippen LogP contribution in [0.25, 0.3) is 0 Å². The quantitative estimate of drug-likeness (QED) is 0.505. The topological polar surface area (TPSA) is 50.8 Å². The number of hydrogen-bond donors (Lipinski definition) is 1. The summed E-state index contributed by atoms with van der Waals surface area (Å²) in [5, 5.41) is 3.05. The van der Waals surface area contributed by atoms with Gasteiger partial charge in [0.15, 0.2) is 0 Å². The molecule has 1 N–H and O–H groups in total. The highest BCUT2D eigenvalue weighted by atomic mass is 16.5. The molecule has 0 bridgehead atoms. The van der Waals surface area contributed by atoms with E-state index in [9.17, 15) is 4.79 Å². The molecule has 2 amide bonds. The van der Waals surface area contributed by atoms with Crippen LogP contribution in [0, 0.1) is 0 Å². The van der Waals surface area contributed by atoms with E-state index in [1.165, 1.54) is 5.56 Å². The van der Waals surface area contributed by atoms with Crippen LogP contribution in [-0.2, 0) is 22.5 Å². The van der Waals surface area contributed by atoms with Gasteiger partial charge in [-0.1, -0.05) is 49.4 Å². The number of rotatable bonds is 12.